The first-order valence-electron chi connectivity index (χ1n) is 8.09. The lowest BCUT2D eigenvalue weighted by Crippen LogP contribution is -2.32. The Labute approximate surface area is 129 Å². The summed E-state index contributed by atoms with van der Waals surface area (Å²) in [4.78, 5) is 22.2. The fourth-order valence-corrected chi connectivity index (χ4v) is 3.24. The van der Waals surface area contributed by atoms with Crippen LogP contribution in [0.3, 0.4) is 0 Å². The molecule has 1 aliphatic heterocycles. The van der Waals surface area contributed by atoms with E-state index in [9.17, 15) is 4.79 Å². The molecule has 5 heteroatoms. The van der Waals surface area contributed by atoms with Crippen LogP contribution in [0.5, 0.6) is 0 Å². The summed E-state index contributed by atoms with van der Waals surface area (Å²) < 4.78 is 5.48. The maximum absolute atomic E-state index is 12.2. The highest BCUT2D eigenvalue weighted by molar-refractivity contribution is 5.77. The zero-order valence-electron chi connectivity index (χ0n) is 12.6. The molecule has 22 heavy (non-hydrogen) atoms. The van der Waals surface area contributed by atoms with Crippen LogP contribution in [-0.4, -0.2) is 40.7 Å². The lowest BCUT2D eigenvalue weighted by atomic mass is 10.1. The molecule has 1 aromatic carbocycles. The summed E-state index contributed by atoms with van der Waals surface area (Å²) in [5, 5.41) is 0.661. The van der Waals surface area contributed by atoms with Crippen LogP contribution < -0.4 is 5.56 Å². The van der Waals surface area contributed by atoms with Gasteiger partial charge in [0, 0.05) is 19.2 Å². The second-order valence-electron chi connectivity index (χ2n) is 6.42. The minimum Gasteiger partial charge on any atom is -0.381 e. The van der Waals surface area contributed by atoms with E-state index in [1.54, 1.807) is 0 Å². The van der Waals surface area contributed by atoms with E-state index in [4.69, 9.17) is 4.74 Å². The number of rotatable bonds is 5. The van der Waals surface area contributed by atoms with Gasteiger partial charge < -0.3 is 9.72 Å². The van der Waals surface area contributed by atoms with Crippen molar-refractivity contribution < 1.29 is 4.74 Å². The fourth-order valence-electron chi connectivity index (χ4n) is 3.24. The summed E-state index contributed by atoms with van der Waals surface area (Å²) in [6, 6.07) is 8.17. The molecule has 0 spiro atoms. The van der Waals surface area contributed by atoms with Crippen molar-refractivity contribution in [3.8, 4) is 0 Å². The van der Waals surface area contributed by atoms with Crippen LogP contribution in [0.2, 0.25) is 0 Å². The van der Waals surface area contributed by atoms with Crippen molar-refractivity contribution in [2.24, 2.45) is 5.92 Å². The van der Waals surface area contributed by atoms with Gasteiger partial charge in [0.2, 0.25) is 0 Å². The van der Waals surface area contributed by atoms with E-state index in [1.807, 2.05) is 24.3 Å². The molecule has 116 valence electrons. The van der Waals surface area contributed by atoms with Crippen LogP contribution in [0.1, 0.15) is 25.1 Å². The smallest absolute Gasteiger partial charge is 0.258 e. The Hall–Kier alpha value is -1.72. The number of para-hydroxylation sites is 1. The Balaban J connectivity index is 1.56. The van der Waals surface area contributed by atoms with Gasteiger partial charge in [0.25, 0.3) is 5.56 Å². The number of aromatic amines is 1. The van der Waals surface area contributed by atoms with Gasteiger partial charge in [-0.3, -0.25) is 9.69 Å². The van der Waals surface area contributed by atoms with Gasteiger partial charge >= 0.3 is 0 Å². The van der Waals surface area contributed by atoms with Gasteiger partial charge in [-0.1, -0.05) is 12.1 Å². The Morgan fingerprint density at radius 1 is 1.27 bits per heavy atom. The first-order chi connectivity index (χ1) is 10.8. The van der Waals surface area contributed by atoms with Crippen LogP contribution in [0.4, 0.5) is 0 Å². The summed E-state index contributed by atoms with van der Waals surface area (Å²) in [6.07, 6.45) is 3.65. The second kappa shape index (κ2) is 5.82. The van der Waals surface area contributed by atoms with Crippen LogP contribution in [0.25, 0.3) is 10.9 Å². The molecule has 0 amide bonds. The normalized spacial score (nSPS) is 21.8. The molecule has 5 nitrogen and oxygen atoms in total. The van der Waals surface area contributed by atoms with Gasteiger partial charge in [0.1, 0.15) is 5.82 Å². The Morgan fingerprint density at radius 3 is 2.91 bits per heavy atom. The first kappa shape index (κ1) is 13.9. The van der Waals surface area contributed by atoms with Crippen LogP contribution in [0.15, 0.2) is 29.1 Å². The molecular weight excluding hydrogens is 278 g/mol. The van der Waals surface area contributed by atoms with E-state index in [0.717, 1.165) is 44.1 Å². The lowest BCUT2D eigenvalue weighted by Gasteiger charge is -2.24. The standard InChI is InChI=1S/C17H21N3O2/c21-17-14-3-1-2-4-15(14)18-16(19-17)10-20(13-5-6-13)9-12-7-8-22-11-12/h1-4,12-13H,5-11H2,(H,18,19,21). The summed E-state index contributed by atoms with van der Waals surface area (Å²) in [5.74, 6) is 1.39. The third kappa shape index (κ3) is 2.91. The summed E-state index contributed by atoms with van der Waals surface area (Å²) in [5.41, 5.74) is 0.738. The molecule has 2 fully saturated rings. The van der Waals surface area contributed by atoms with Crippen molar-refractivity contribution in [3.63, 3.8) is 0 Å². The van der Waals surface area contributed by atoms with Gasteiger partial charge in [-0.05, 0) is 37.3 Å². The number of ether oxygens (including phenoxy) is 1. The topological polar surface area (TPSA) is 58.2 Å². The van der Waals surface area contributed by atoms with Crippen molar-refractivity contribution >= 4 is 10.9 Å². The highest BCUT2D eigenvalue weighted by atomic mass is 16.5. The van der Waals surface area contributed by atoms with Gasteiger partial charge in [0.05, 0.1) is 24.1 Å². The number of nitrogens with one attached hydrogen (secondary N) is 1. The van der Waals surface area contributed by atoms with Crippen LogP contribution >= 0.6 is 0 Å². The number of aromatic nitrogens is 2. The predicted octanol–water partition coefficient (Wildman–Crippen LogP) is 1.92. The molecule has 2 aliphatic rings. The highest BCUT2D eigenvalue weighted by Gasteiger charge is 2.32. The molecule has 0 radical (unpaired) electrons. The molecule has 1 atom stereocenters. The monoisotopic (exact) mass is 299 g/mol. The third-order valence-corrected chi connectivity index (χ3v) is 4.59. The van der Waals surface area contributed by atoms with Crippen molar-refractivity contribution in [2.75, 3.05) is 19.8 Å². The average molecular weight is 299 g/mol. The second-order valence-corrected chi connectivity index (χ2v) is 6.42. The van der Waals surface area contributed by atoms with Crippen molar-refractivity contribution in [1.29, 1.82) is 0 Å². The number of fused-ring (bicyclic) bond motifs is 1. The maximum Gasteiger partial charge on any atom is 0.258 e. The molecular formula is C17H21N3O2. The molecule has 1 aliphatic carbocycles. The Morgan fingerprint density at radius 2 is 2.14 bits per heavy atom. The molecule has 2 heterocycles. The first-order valence-corrected chi connectivity index (χ1v) is 8.09. The van der Waals surface area contributed by atoms with E-state index in [0.29, 0.717) is 17.3 Å². The molecule has 1 saturated carbocycles. The van der Waals surface area contributed by atoms with Crippen LogP contribution in [0, 0.1) is 5.92 Å². The SMILES string of the molecule is O=c1[nH]c(CN(CC2CCOC2)C2CC2)nc2ccccc12. The fraction of sp³-hybridized carbons (Fsp3) is 0.529. The number of benzene rings is 1. The summed E-state index contributed by atoms with van der Waals surface area (Å²) in [6.45, 7) is 3.52. The lowest BCUT2D eigenvalue weighted by molar-refractivity contribution is 0.160. The molecule has 1 aromatic heterocycles. The minimum atomic E-state index is -0.0412. The quantitative estimate of drug-likeness (QED) is 0.916. The number of nitrogens with zero attached hydrogens (tertiary/aromatic N) is 2. The Kier molecular flexibility index (Phi) is 3.68. The third-order valence-electron chi connectivity index (χ3n) is 4.59. The van der Waals surface area contributed by atoms with Gasteiger partial charge in [-0.25, -0.2) is 4.98 Å². The molecule has 2 aromatic rings. The zero-order valence-corrected chi connectivity index (χ0v) is 12.6. The van der Waals surface area contributed by atoms with Crippen LogP contribution in [-0.2, 0) is 11.3 Å². The largest absolute Gasteiger partial charge is 0.381 e. The molecule has 0 bridgehead atoms. The minimum absolute atomic E-state index is 0.0412. The molecule has 1 saturated heterocycles. The van der Waals surface area contributed by atoms with Crippen molar-refractivity contribution in [2.45, 2.75) is 31.8 Å². The summed E-state index contributed by atoms with van der Waals surface area (Å²) in [7, 11) is 0. The molecule has 1 N–H and O–H groups in total. The predicted molar refractivity (Wildman–Crippen MR) is 84.7 cm³/mol. The summed E-state index contributed by atoms with van der Waals surface area (Å²) >= 11 is 0. The van der Waals surface area contributed by atoms with Gasteiger partial charge in [-0.2, -0.15) is 0 Å². The highest BCUT2D eigenvalue weighted by Crippen LogP contribution is 2.29. The maximum atomic E-state index is 12.2. The van der Waals surface area contributed by atoms with E-state index < -0.39 is 0 Å². The van der Waals surface area contributed by atoms with Crippen molar-refractivity contribution in [3.05, 3.63) is 40.4 Å². The van der Waals surface area contributed by atoms with Gasteiger partial charge in [-0.15, -0.1) is 0 Å². The molecule has 4 rings (SSSR count). The zero-order chi connectivity index (χ0) is 14.9. The Bertz CT molecular complexity index is 717. The van der Waals surface area contributed by atoms with E-state index in [2.05, 4.69) is 14.9 Å². The van der Waals surface area contributed by atoms with E-state index in [1.165, 1.54) is 12.8 Å². The molecule has 1 unspecified atom stereocenters. The van der Waals surface area contributed by atoms with Crippen molar-refractivity contribution in [1.82, 2.24) is 14.9 Å². The van der Waals surface area contributed by atoms with Gasteiger partial charge in [0.15, 0.2) is 0 Å². The van der Waals surface area contributed by atoms with E-state index in [-0.39, 0.29) is 5.56 Å². The number of hydrogen-bond donors (Lipinski definition) is 1. The number of hydrogen-bond acceptors (Lipinski definition) is 4. The number of H-pyrrole nitrogens is 1. The average Bonchev–Trinajstić information content (AvgIpc) is 3.25. The van der Waals surface area contributed by atoms with E-state index >= 15 is 0 Å².